The molecular formula is C22H26FNO4. The van der Waals surface area contributed by atoms with E-state index >= 15 is 0 Å². The Morgan fingerprint density at radius 2 is 1.82 bits per heavy atom. The average Bonchev–Trinajstić information content (AvgIpc) is 2.70. The summed E-state index contributed by atoms with van der Waals surface area (Å²) in [7, 11) is 0. The molecule has 28 heavy (non-hydrogen) atoms. The zero-order valence-corrected chi connectivity index (χ0v) is 15.7. The minimum absolute atomic E-state index is 0.103. The lowest BCUT2D eigenvalue weighted by Crippen LogP contribution is -2.45. The van der Waals surface area contributed by atoms with Crippen molar-refractivity contribution >= 4 is 5.91 Å². The number of aromatic hydroxyl groups is 1. The number of phenols is 1. The molecule has 1 fully saturated rings. The number of carbonyl (C=O) groups is 1. The fraction of sp³-hybridized carbons (Fsp3) is 0.409. The molecule has 3 rings (SSSR count). The third-order valence-corrected chi connectivity index (χ3v) is 5.31. The molecule has 0 atom stereocenters. The predicted molar refractivity (Wildman–Crippen MR) is 103 cm³/mol. The lowest BCUT2D eigenvalue weighted by Gasteiger charge is -2.36. The molecule has 0 heterocycles. The summed E-state index contributed by atoms with van der Waals surface area (Å²) in [6.07, 6.45) is 2.75. The van der Waals surface area contributed by atoms with Gasteiger partial charge in [0.25, 0.3) is 5.91 Å². The molecule has 1 aliphatic carbocycles. The molecule has 0 aliphatic heterocycles. The molecule has 1 amide bonds. The standard InChI is InChI=1S/C22H26FNO4/c23-20-4-2-1-3-18(20)14-28-13-16-9-11-22(27,12-10-16)15-24-21(26)17-5-7-19(25)8-6-17/h1-8,16,25,27H,9-15H2,(H,24,26). The Morgan fingerprint density at radius 3 is 2.50 bits per heavy atom. The number of hydrogen-bond donors (Lipinski definition) is 3. The van der Waals surface area contributed by atoms with Crippen molar-refractivity contribution in [2.45, 2.75) is 37.9 Å². The van der Waals surface area contributed by atoms with Crippen LogP contribution in [0.5, 0.6) is 5.75 Å². The molecule has 0 spiro atoms. The zero-order chi connectivity index (χ0) is 20.0. The van der Waals surface area contributed by atoms with Crippen LogP contribution in [-0.2, 0) is 11.3 Å². The van der Waals surface area contributed by atoms with Crippen LogP contribution >= 0.6 is 0 Å². The number of ether oxygens (including phenoxy) is 1. The first-order valence-electron chi connectivity index (χ1n) is 9.56. The minimum atomic E-state index is -0.922. The second kappa shape index (κ2) is 9.17. The summed E-state index contributed by atoms with van der Waals surface area (Å²) in [5.41, 5.74) is 0.0672. The molecule has 2 aromatic rings. The second-order valence-electron chi connectivity index (χ2n) is 7.50. The van der Waals surface area contributed by atoms with Gasteiger partial charge in [-0.3, -0.25) is 4.79 Å². The first-order chi connectivity index (χ1) is 13.5. The minimum Gasteiger partial charge on any atom is -0.508 e. The van der Waals surface area contributed by atoms with Gasteiger partial charge in [0.05, 0.1) is 12.2 Å². The molecule has 5 nitrogen and oxygen atoms in total. The Morgan fingerprint density at radius 1 is 1.14 bits per heavy atom. The molecule has 2 aromatic carbocycles. The van der Waals surface area contributed by atoms with E-state index < -0.39 is 5.60 Å². The summed E-state index contributed by atoms with van der Waals surface area (Å²) in [5, 5.41) is 22.8. The van der Waals surface area contributed by atoms with Crippen LogP contribution in [0, 0.1) is 11.7 Å². The molecule has 0 unspecified atom stereocenters. The lowest BCUT2D eigenvalue weighted by atomic mass is 9.79. The summed E-state index contributed by atoms with van der Waals surface area (Å²) in [5.74, 6) is -0.112. The van der Waals surface area contributed by atoms with Crippen LogP contribution in [0.1, 0.15) is 41.6 Å². The highest BCUT2D eigenvalue weighted by atomic mass is 19.1. The van der Waals surface area contributed by atoms with Gasteiger partial charge in [-0.15, -0.1) is 0 Å². The molecule has 0 radical (unpaired) electrons. The van der Waals surface area contributed by atoms with Crippen LogP contribution in [0.15, 0.2) is 48.5 Å². The topological polar surface area (TPSA) is 78.8 Å². The number of benzene rings is 2. The number of nitrogens with one attached hydrogen (secondary N) is 1. The van der Waals surface area contributed by atoms with E-state index in [1.807, 2.05) is 0 Å². The summed E-state index contributed by atoms with van der Waals surface area (Å²) in [6.45, 7) is 0.968. The van der Waals surface area contributed by atoms with Crippen molar-refractivity contribution in [3.8, 4) is 5.75 Å². The molecule has 0 saturated heterocycles. The van der Waals surface area contributed by atoms with Gasteiger partial charge >= 0.3 is 0 Å². The van der Waals surface area contributed by atoms with Gasteiger partial charge in [-0.05, 0) is 61.9 Å². The number of aliphatic hydroxyl groups is 1. The zero-order valence-electron chi connectivity index (χ0n) is 15.7. The van der Waals surface area contributed by atoms with E-state index in [0.717, 1.165) is 12.8 Å². The van der Waals surface area contributed by atoms with E-state index in [2.05, 4.69) is 5.32 Å². The number of halogens is 1. The van der Waals surface area contributed by atoms with Crippen LogP contribution < -0.4 is 5.32 Å². The van der Waals surface area contributed by atoms with Crippen LogP contribution in [0.4, 0.5) is 4.39 Å². The van der Waals surface area contributed by atoms with Gasteiger partial charge in [0, 0.05) is 24.3 Å². The Balaban J connectivity index is 1.39. The van der Waals surface area contributed by atoms with E-state index in [0.29, 0.717) is 36.5 Å². The lowest BCUT2D eigenvalue weighted by molar-refractivity contribution is -0.0240. The quantitative estimate of drug-likeness (QED) is 0.680. The molecule has 0 aromatic heterocycles. The van der Waals surface area contributed by atoms with Gasteiger partial charge in [-0.1, -0.05) is 18.2 Å². The van der Waals surface area contributed by atoms with E-state index in [4.69, 9.17) is 4.74 Å². The Kier molecular flexibility index (Phi) is 6.65. The smallest absolute Gasteiger partial charge is 0.251 e. The number of phenolic OH excluding ortho intramolecular Hbond substituents is 1. The van der Waals surface area contributed by atoms with Crippen molar-refractivity contribution in [2.75, 3.05) is 13.2 Å². The predicted octanol–water partition coefficient (Wildman–Crippen LogP) is 3.40. The normalized spacial score (nSPS) is 22.0. The van der Waals surface area contributed by atoms with Gasteiger partial charge in [0.15, 0.2) is 0 Å². The number of carbonyl (C=O) groups excluding carboxylic acids is 1. The highest BCUT2D eigenvalue weighted by Gasteiger charge is 2.33. The van der Waals surface area contributed by atoms with E-state index in [1.54, 1.807) is 30.3 Å². The third-order valence-electron chi connectivity index (χ3n) is 5.31. The highest BCUT2D eigenvalue weighted by molar-refractivity contribution is 5.94. The monoisotopic (exact) mass is 387 g/mol. The summed E-state index contributed by atoms with van der Waals surface area (Å²) in [4.78, 5) is 12.2. The van der Waals surface area contributed by atoms with E-state index in [9.17, 15) is 19.4 Å². The Hall–Kier alpha value is -2.44. The van der Waals surface area contributed by atoms with Crippen molar-refractivity contribution < 1.29 is 24.1 Å². The van der Waals surface area contributed by atoms with Crippen molar-refractivity contribution in [2.24, 2.45) is 5.92 Å². The molecule has 1 saturated carbocycles. The molecule has 6 heteroatoms. The van der Waals surface area contributed by atoms with Crippen LogP contribution in [0.25, 0.3) is 0 Å². The van der Waals surface area contributed by atoms with E-state index in [1.165, 1.54) is 18.2 Å². The SMILES string of the molecule is O=C(NCC1(O)CCC(COCc2ccccc2F)CC1)c1ccc(O)cc1. The molecular weight excluding hydrogens is 361 g/mol. The molecule has 1 aliphatic rings. The maximum atomic E-state index is 13.6. The largest absolute Gasteiger partial charge is 0.508 e. The number of hydrogen-bond acceptors (Lipinski definition) is 4. The van der Waals surface area contributed by atoms with Gasteiger partial charge in [0.1, 0.15) is 11.6 Å². The maximum Gasteiger partial charge on any atom is 0.251 e. The van der Waals surface area contributed by atoms with Gasteiger partial charge in [-0.25, -0.2) is 4.39 Å². The van der Waals surface area contributed by atoms with Gasteiger partial charge < -0.3 is 20.3 Å². The van der Waals surface area contributed by atoms with Crippen molar-refractivity contribution in [3.05, 3.63) is 65.5 Å². The molecule has 0 bridgehead atoms. The van der Waals surface area contributed by atoms with Crippen molar-refractivity contribution in [1.82, 2.24) is 5.32 Å². The number of rotatable bonds is 7. The third kappa shape index (κ3) is 5.53. The van der Waals surface area contributed by atoms with Crippen LogP contribution in [0.3, 0.4) is 0 Å². The Bertz CT molecular complexity index is 785. The van der Waals surface area contributed by atoms with Crippen molar-refractivity contribution in [3.63, 3.8) is 0 Å². The van der Waals surface area contributed by atoms with Crippen LogP contribution in [0.2, 0.25) is 0 Å². The maximum absolute atomic E-state index is 13.6. The number of amides is 1. The first kappa shape index (κ1) is 20.3. The van der Waals surface area contributed by atoms with Gasteiger partial charge in [0.2, 0.25) is 0 Å². The highest BCUT2D eigenvalue weighted by Crippen LogP contribution is 2.32. The average molecular weight is 387 g/mol. The second-order valence-corrected chi connectivity index (χ2v) is 7.50. The van der Waals surface area contributed by atoms with Crippen molar-refractivity contribution in [1.29, 1.82) is 0 Å². The molecule has 150 valence electrons. The van der Waals surface area contributed by atoms with E-state index in [-0.39, 0.29) is 30.6 Å². The fourth-order valence-electron chi connectivity index (χ4n) is 3.47. The fourth-order valence-corrected chi connectivity index (χ4v) is 3.47. The Labute approximate surface area is 164 Å². The summed E-state index contributed by atoms with van der Waals surface area (Å²) >= 11 is 0. The van der Waals surface area contributed by atoms with Gasteiger partial charge in [-0.2, -0.15) is 0 Å². The summed E-state index contributed by atoms with van der Waals surface area (Å²) < 4.78 is 19.3. The summed E-state index contributed by atoms with van der Waals surface area (Å²) in [6, 6.07) is 12.6. The molecule has 3 N–H and O–H groups in total. The first-order valence-corrected chi connectivity index (χ1v) is 9.56. The van der Waals surface area contributed by atoms with Crippen LogP contribution in [-0.4, -0.2) is 34.9 Å².